The Bertz CT molecular complexity index is 2720. The highest BCUT2D eigenvalue weighted by atomic mass is 16.4. The molecule has 1 aliphatic rings. The highest BCUT2D eigenvalue weighted by molar-refractivity contribution is 6.15. The second-order valence-corrected chi connectivity index (χ2v) is 13.6. The maximum atomic E-state index is 6.55. The summed E-state index contributed by atoms with van der Waals surface area (Å²) in [5.41, 5.74) is 14.8. The lowest BCUT2D eigenvalue weighted by Crippen LogP contribution is -2.15. The topological polar surface area (TPSA) is 42.4 Å². The second-order valence-electron chi connectivity index (χ2n) is 13.6. The highest BCUT2D eigenvalue weighted by Gasteiger charge is 2.35. The van der Waals surface area contributed by atoms with Crippen LogP contribution in [0.25, 0.3) is 66.7 Å². The van der Waals surface area contributed by atoms with Gasteiger partial charge in [0, 0.05) is 33.8 Å². The van der Waals surface area contributed by atoms with Crippen molar-refractivity contribution in [2.24, 2.45) is 0 Å². The Kier molecular flexibility index (Phi) is 6.19. The quantitative estimate of drug-likeness (QED) is 0.187. The number of rotatable bonds is 5. The Morgan fingerprint density at radius 3 is 1.98 bits per heavy atom. The average Bonchev–Trinajstić information content (AvgIpc) is 3.82. The summed E-state index contributed by atoms with van der Waals surface area (Å²) in [5, 5.41) is 2.01. The summed E-state index contributed by atoms with van der Waals surface area (Å²) in [6, 6.07) is 55.5. The van der Waals surface area contributed by atoms with Gasteiger partial charge in [0.15, 0.2) is 5.58 Å². The maximum Gasteiger partial charge on any atom is 0.227 e. The van der Waals surface area contributed by atoms with Gasteiger partial charge in [0.2, 0.25) is 5.89 Å². The molecule has 4 heteroatoms. The highest BCUT2D eigenvalue weighted by Crippen LogP contribution is 2.51. The van der Waals surface area contributed by atoms with Crippen LogP contribution in [0.15, 0.2) is 167 Å². The zero-order valence-electron chi connectivity index (χ0n) is 27.7. The number of furan rings is 1. The molecular formula is C46H32N2O2. The van der Waals surface area contributed by atoms with E-state index >= 15 is 0 Å². The monoisotopic (exact) mass is 644 g/mol. The summed E-state index contributed by atoms with van der Waals surface area (Å²) in [4.78, 5) is 7.18. The normalized spacial score (nSPS) is 13.2. The summed E-state index contributed by atoms with van der Waals surface area (Å²) < 4.78 is 12.9. The van der Waals surface area contributed by atoms with Gasteiger partial charge >= 0.3 is 0 Å². The van der Waals surface area contributed by atoms with Gasteiger partial charge in [-0.25, -0.2) is 4.98 Å². The van der Waals surface area contributed by atoms with Crippen LogP contribution in [0.5, 0.6) is 0 Å². The molecule has 0 saturated heterocycles. The Morgan fingerprint density at radius 1 is 0.500 bits per heavy atom. The molecule has 7 aromatic carbocycles. The third-order valence-electron chi connectivity index (χ3n) is 10.3. The maximum absolute atomic E-state index is 6.55. The lowest BCUT2D eigenvalue weighted by molar-refractivity contribution is 0.620. The molecule has 10 rings (SSSR count). The van der Waals surface area contributed by atoms with E-state index in [1.165, 1.54) is 33.4 Å². The first-order valence-corrected chi connectivity index (χ1v) is 17.0. The van der Waals surface area contributed by atoms with Gasteiger partial charge in [-0.2, -0.15) is 0 Å². The predicted molar refractivity (Wildman–Crippen MR) is 204 cm³/mol. The number of aromatic nitrogens is 1. The molecular weight excluding hydrogens is 613 g/mol. The first-order chi connectivity index (χ1) is 24.5. The van der Waals surface area contributed by atoms with Crippen LogP contribution in [-0.4, -0.2) is 4.98 Å². The largest absolute Gasteiger partial charge is 0.456 e. The first kappa shape index (κ1) is 28.6. The molecule has 0 N–H and O–H groups in total. The van der Waals surface area contributed by atoms with Gasteiger partial charge in [-0.3, -0.25) is 0 Å². The fraction of sp³-hybridized carbons (Fsp3) is 0.0652. The third-order valence-corrected chi connectivity index (χ3v) is 10.3. The van der Waals surface area contributed by atoms with Crippen molar-refractivity contribution in [1.29, 1.82) is 0 Å². The summed E-state index contributed by atoms with van der Waals surface area (Å²) in [7, 11) is 0. The molecule has 9 aromatic rings. The van der Waals surface area contributed by atoms with Crippen molar-refractivity contribution in [1.82, 2.24) is 4.98 Å². The molecule has 0 bridgehead atoms. The molecule has 2 aromatic heterocycles. The van der Waals surface area contributed by atoms with Gasteiger partial charge < -0.3 is 13.7 Å². The zero-order valence-corrected chi connectivity index (χ0v) is 27.7. The molecule has 0 saturated carbocycles. The minimum atomic E-state index is -0.0750. The van der Waals surface area contributed by atoms with Crippen molar-refractivity contribution in [2.45, 2.75) is 19.3 Å². The molecule has 50 heavy (non-hydrogen) atoms. The number of anilines is 3. The van der Waals surface area contributed by atoms with Crippen LogP contribution in [0.1, 0.15) is 25.0 Å². The summed E-state index contributed by atoms with van der Waals surface area (Å²) >= 11 is 0. The van der Waals surface area contributed by atoms with E-state index in [9.17, 15) is 0 Å². The minimum Gasteiger partial charge on any atom is -0.456 e. The van der Waals surface area contributed by atoms with Crippen LogP contribution in [0.3, 0.4) is 0 Å². The molecule has 0 fully saturated rings. The zero-order chi connectivity index (χ0) is 33.4. The van der Waals surface area contributed by atoms with Crippen LogP contribution >= 0.6 is 0 Å². The molecule has 0 amide bonds. The molecule has 4 nitrogen and oxygen atoms in total. The number of oxazole rings is 1. The van der Waals surface area contributed by atoms with E-state index in [1.54, 1.807) is 0 Å². The number of nitrogens with zero attached hydrogens (tertiary/aromatic N) is 2. The van der Waals surface area contributed by atoms with Crippen molar-refractivity contribution in [3.05, 3.63) is 169 Å². The molecule has 0 aliphatic heterocycles. The van der Waals surface area contributed by atoms with Gasteiger partial charge in [0.05, 0.1) is 11.1 Å². The number of hydrogen-bond acceptors (Lipinski definition) is 4. The van der Waals surface area contributed by atoms with E-state index in [0.29, 0.717) is 5.89 Å². The van der Waals surface area contributed by atoms with Gasteiger partial charge in [-0.15, -0.1) is 0 Å². The fourth-order valence-electron chi connectivity index (χ4n) is 7.83. The first-order valence-electron chi connectivity index (χ1n) is 17.0. The van der Waals surface area contributed by atoms with E-state index in [-0.39, 0.29) is 5.41 Å². The van der Waals surface area contributed by atoms with E-state index in [2.05, 4.69) is 134 Å². The Labute approximate surface area is 289 Å². The van der Waals surface area contributed by atoms with Crippen LogP contribution in [-0.2, 0) is 5.41 Å². The van der Waals surface area contributed by atoms with E-state index < -0.39 is 0 Å². The van der Waals surface area contributed by atoms with Gasteiger partial charge in [0.25, 0.3) is 0 Å². The minimum absolute atomic E-state index is 0.0750. The molecule has 0 unspecified atom stereocenters. The second kappa shape index (κ2) is 10.8. The van der Waals surface area contributed by atoms with Crippen molar-refractivity contribution in [2.75, 3.05) is 4.90 Å². The third kappa shape index (κ3) is 4.35. The van der Waals surface area contributed by atoms with Crippen molar-refractivity contribution in [3.8, 4) is 33.7 Å². The summed E-state index contributed by atoms with van der Waals surface area (Å²) in [6.07, 6.45) is 0. The van der Waals surface area contributed by atoms with Gasteiger partial charge in [-0.05, 0) is 88.0 Å². The Hall–Kier alpha value is -6.39. The molecule has 0 radical (unpaired) electrons. The SMILES string of the molecule is CC1(C)c2ccccc2-c2cc(N(c3ccc(-c4ccccc4)cc3)c3cccc4oc5cc6nc(-c7ccccc7)oc6cc5c34)ccc21. The molecule has 0 atom stereocenters. The molecule has 0 spiro atoms. The standard InChI is InChI=1S/C46H32N2O2/c1-46(2)37-17-10-9-16-34(37)35-26-33(24-25-38(35)46)48(32-22-20-30(21-23-32)29-12-5-3-6-13-29)40-18-11-19-41-44(40)36-27-43-39(28-42(36)49-41)47-45(50-43)31-14-7-4-8-15-31/h3-28H,1-2H3. The summed E-state index contributed by atoms with van der Waals surface area (Å²) in [6.45, 7) is 4.65. The Morgan fingerprint density at radius 2 is 1.18 bits per heavy atom. The lowest BCUT2D eigenvalue weighted by Gasteiger charge is -2.28. The van der Waals surface area contributed by atoms with E-state index in [4.69, 9.17) is 13.8 Å². The fourth-order valence-corrected chi connectivity index (χ4v) is 7.83. The predicted octanol–water partition coefficient (Wildman–Crippen LogP) is 12.8. The van der Waals surface area contributed by atoms with Crippen LogP contribution in [0.4, 0.5) is 17.1 Å². The number of fused-ring (bicyclic) bond motifs is 7. The van der Waals surface area contributed by atoms with Crippen molar-refractivity contribution >= 4 is 50.1 Å². The van der Waals surface area contributed by atoms with Crippen LogP contribution in [0.2, 0.25) is 0 Å². The van der Waals surface area contributed by atoms with E-state index in [1.807, 2.05) is 42.5 Å². The Balaban J connectivity index is 1.19. The van der Waals surface area contributed by atoms with Gasteiger partial charge in [0.1, 0.15) is 16.7 Å². The molecule has 1 aliphatic carbocycles. The van der Waals surface area contributed by atoms with Crippen LogP contribution in [0, 0.1) is 0 Å². The number of benzene rings is 7. The smallest absolute Gasteiger partial charge is 0.227 e. The summed E-state index contributed by atoms with van der Waals surface area (Å²) in [5.74, 6) is 0.597. The molecule has 2 heterocycles. The van der Waals surface area contributed by atoms with Gasteiger partial charge in [-0.1, -0.05) is 111 Å². The molecule has 238 valence electrons. The number of hydrogen-bond donors (Lipinski definition) is 0. The van der Waals surface area contributed by atoms with E-state index in [0.717, 1.165) is 55.7 Å². The lowest BCUT2D eigenvalue weighted by atomic mass is 9.82. The van der Waals surface area contributed by atoms with Crippen LogP contribution < -0.4 is 4.90 Å². The van der Waals surface area contributed by atoms with Crippen molar-refractivity contribution < 1.29 is 8.83 Å². The van der Waals surface area contributed by atoms with Crippen molar-refractivity contribution in [3.63, 3.8) is 0 Å². The average molecular weight is 645 g/mol.